The Morgan fingerprint density at radius 3 is 2.94 bits per heavy atom. The van der Waals surface area contributed by atoms with Crippen molar-refractivity contribution in [2.45, 2.75) is 24.6 Å². The Bertz CT molecular complexity index is 367. The average molecular weight is 285 g/mol. The van der Waals surface area contributed by atoms with Crippen molar-refractivity contribution in [1.82, 2.24) is 5.32 Å². The monoisotopic (exact) mass is 285 g/mol. The fourth-order valence-corrected chi connectivity index (χ4v) is 4.68. The van der Waals surface area contributed by atoms with E-state index in [0.29, 0.717) is 11.3 Å². The Morgan fingerprint density at radius 1 is 1.39 bits per heavy atom. The maximum atomic E-state index is 13.5. The third kappa shape index (κ3) is 4.48. The zero-order chi connectivity index (χ0) is 12.8. The minimum absolute atomic E-state index is 0.0891. The van der Waals surface area contributed by atoms with Crippen LogP contribution in [0.4, 0.5) is 4.39 Å². The van der Waals surface area contributed by atoms with Gasteiger partial charge in [0.2, 0.25) is 0 Å². The van der Waals surface area contributed by atoms with Crippen LogP contribution in [0.1, 0.15) is 12.5 Å². The normalized spacial score (nSPS) is 21.8. The van der Waals surface area contributed by atoms with E-state index >= 15 is 0 Å². The van der Waals surface area contributed by atoms with Crippen molar-refractivity contribution in [2.24, 2.45) is 0 Å². The fraction of sp³-hybridized carbons (Fsp3) is 0.571. The maximum absolute atomic E-state index is 13.5. The molecule has 1 saturated heterocycles. The Kier molecular flexibility index (Phi) is 5.86. The Labute approximate surface area is 117 Å². The van der Waals surface area contributed by atoms with E-state index in [1.165, 1.54) is 23.3 Å². The summed E-state index contributed by atoms with van der Waals surface area (Å²) in [6.45, 7) is 3.17. The van der Waals surface area contributed by atoms with Gasteiger partial charge in [0.1, 0.15) is 5.82 Å². The number of rotatable bonds is 5. The molecule has 1 aliphatic heterocycles. The Hall–Kier alpha value is -0.190. The summed E-state index contributed by atoms with van der Waals surface area (Å²) in [4.78, 5) is 0. The van der Waals surface area contributed by atoms with Gasteiger partial charge in [-0.25, -0.2) is 4.39 Å². The lowest BCUT2D eigenvalue weighted by molar-refractivity contribution is 0.529. The number of benzene rings is 1. The van der Waals surface area contributed by atoms with Crippen LogP contribution < -0.4 is 5.32 Å². The second-order valence-corrected chi connectivity index (χ2v) is 7.23. The molecule has 0 spiro atoms. The molecule has 100 valence electrons. The summed E-state index contributed by atoms with van der Waals surface area (Å²) >= 11 is 4.10. The highest BCUT2D eigenvalue weighted by atomic mass is 32.2. The van der Waals surface area contributed by atoms with Crippen molar-refractivity contribution < 1.29 is 4.39 Å². The lowest BCUT2D eigenvalue weighted by atomic mass is 10.1. The summed E-state index contributed by atoms with van der Waals surface area (Å²) in [5.41, 5.74) is 0.808. The number of halogens is 1. The van der Waals surface area contributed by atoms with Gasteiger partial charge in [0.05, 0.1) is 0 Å². The SMILES string of the molecule is CC(Cc1ccccc1F)NCC1CSCCS1. The van der Waals surface area contributed by atoms with E-state index in [-0.39, 0.29) is 5.82 Å². The summed E-state index contributed by atoms with van der Waals surface area (Å²) in [7, 11) is 0. The fourth-order valence-electron chi connectivity index (χ4n) is 2.05. The molecule has 1 aliphatic rings. The van der Waals surface area contributed by atoms with Crippen molar-refractivity contribution >= 4 is 23.5 Å². The third-order valence-electron chi connectivity index (χ3n) is 3.06. The molecule has 0 saturated carbocycles. The van der Waals surface area contributed by atoms with E-state index in [2.05, 4.69) is 24.0 Å². The average Bonchev–Trinajstić information content (AvgIpc) is 2.40. The molecule has 2 unspecified atom stereocenters. The quantitative estimate of drug-likeness (QED) is 0.892. The highest BCUT2D eigenvalue weighted by Gasteiger charge is 2.15. The molecule has 0 radical (unpaired) electrons. The molecule has 1 nitrogen and oxygen atoms in total. The number of nitrogens with one attached hydrogen (secondary N) is 1. The van der Waals surface area contributed by atoms with E-state index < -0.39 is 0 Å². The first-order valence-corrected chi connectivity index (χ1v) is 8.62. The maximum Gasteiger partial charge on any atom is 0.126 e. The van der Waals surface area contributed by atoms with Gasteiger partial charge in [0.15, 0.2) is 0 Å². The van der Waals surface area contributed by atoms with Gasteiger partial charge in [-0.1, -0.05) is 18.2 Å². The van der Waals surface area contributed by atoms with Gasteiger partial charge in [0, 0.05) is 35.1 Å². The molecule has 0 bridgehead atoms. The van der Waals surface area contributed by atoms with E-state index in [1.807, 2.05) is 23.9 Å². The number of hydrogen-bond acceptors (Lipinski definition) is 3. The first kappa shape index (κ1) is 14.2. The molecule has 1 aromatic rings. The molecular weight excluding hydrogens is 265 g/mol. The van der Waals surface area contributed by atoms with Gasteiger partial charge in [-0.05, 0) is 25.0 Å². The van der Waals surface area contributed by atoms with Crippen LogP contribution in [0.3, 0.4) is 0 Å². The van der Waals surface area contributed by atoms with Crippen LogP contribution in [0.25, 0.3) is 0 Å². The van der Waals surface area contributed by atoms with Crippen LogP contribution in [-0.2, 0) is 6.42 Å². The Morgan fingerprint density at radius 2 is 2.22 bits per heavy atom. The summed E-state index contributed by atoms with van der Waals surface area (Å²) in [5, 5.41) is 4.24. The molecule has 2 atom stereocenters. The van der Waals surface area contributed by atoms with Crippen LogP contribution in [0.2, 0.25) is 0 Å². The topological polar surface area (TPSA) is 12.0 Å². The predicted octanol–water partition coefficient (Wildman–Crippen LogP) is 3.19. The van der Waals surface area contributed by atoms with E-state index in [9.17, 15) is 4.39 Å². The van der Waals surface area contributed by atoms with Gasteiger partial charge in [-0.15, -0.1) is 0 Å². The minimum atomic E-state index is -0.0891. The first-order valence-electron chi connectivity index (χ1n) is 6.42. The van der Waals surface area contributed by atoms with Gasteiger partial charge in [-0.2, -0.15) is 23.5 Å². The predicted molar refractivity (Wildman–Crippen MR) is 81.1 cm³/mol. The molecule has 0 aliphatic carbocycles. The smallest absolute Gasteiger partial charge is 0.126 e. The van der Waals surface area contributed by atoms with Crippen LogP contribution in [0.5, 0.6) is 0 Å². The van der Waals surface area contributed by atoms with Crippen molar-refractivity contribution in [2.75, 3.05) is 23.8 Å². The summed E-state index contributed by atoms with van der Waals surface area (Å²) < 4.78 is 13.5. The van der Waals surface area contributed by atoms with Gasteiger partial charge >= 0.3 is 0 Å². The molecule has 1 N–H and O–H groups in total. The number of thioether (sulfide) groups is 2. The van der Waals surface area contributed by atoms with E-state index in [1.54, 1.807) is 6.07 Å². The lowest BCUT2D eigenvalue weighted by Gasteiger charge is -2.23. The summed E-state index contributed by atoms with van der Waals surface area (Å²) in [6.07, 6.45) is 0.761. The van der Waals surface area contributed by atoms with Gasteiger partial charge in [-0.3, -0.25) is 0 Å². The molecule has 0 amide bonds. The zero-order valence-corrected chi connectivity index (χ0v) is 12.3. The highest BCUT2D eigenvalue weighted by Crippen LogP contribution is 2.23. The van der Waals surface area contributed by atoms with Crippen molar-refractivity contribution in [3.05, 3.63) is 35.6 Å². The van der Waals surface area contributed by atoms with Crippen LogP contribution >= 0.6 is 23.5 Å². The van der Waals surface area contributed by atoms with Crippen LogP contribution in [0.15, 0.2) is 24.3 Å². The van der Waals surface area contributed by atoms with E-state index in [0.717, 1.165) is 18.5 Å². The summed E-state index contributed by atoms with van der Waals surface area (Å²) in [5.74, 6) is 3.70. The molecular formula is C14H20FNS2. The minimum Gasteiger partial charge on any atom is -0.313 e. The summed E-state index contributed by atoms with van der Waals surface area (Å²) in [6, 6.07) is 7.38. The second-order valence-electron chi connectivity index (χ2n) is 4.67. The zero-order valence-electron chi connectivity index (χ0n) is 10.7. The molecule has 1 fully saturated rings. The highest BCUT2D eigenvalue weighted by molar-refractivity contribution is 8.06. The molecule has 4 heteroatoms. The molecule has 1 heterocycles. The number of hydrogen-bond donors (Lipinski definition) is 1. The standard InChI is InChI=1S/C14H20FNS2/c1-11(8-12-4-2-3-5-14(12)15)16-9-13-10-17-6-7-18-13/h2-5,11,13,16H,6-10H2,1H3. The Balaban J connectivity index is 1.74. The third-order valence-corrected chi connectivity index (χ3v) is 5.91. The molecule has 1 aromatic carbocycles. The second kappa shape index (κ2) is 7.41. The van der Waals surface area contributed by atoms with Gasteiger partial charge in [0.25, 0.3) is 0 Å². The van der Waals surface area contributed by atoms with Crippen molar-refractivity contribution in [3.63, 3.8) is 0 Å². The van der Waals surface area contributed by atoms with Crippen LogP contribution in [0, 0.1) is 5.82 Å². The van der Waals surface area contributed by atoms with Gasteiger partial charge < -0.3 is 5.32 Å². The molecule has 2 rings (SSSR count). The van der Waals surface area contributed by atoms with Crippen LogP contribution in [-0.4, -0.2) is 35.1 Å². The van der Waals surface area contributed by atoms with Crippen molar-refractivity contribution in [1.29, 1.82) is 0 Å². The molecule has 18 heavy (non-hydrogen) atoms. The first-order chi connectivity index (χ1) is 8.75. The van der Waals surface area contributed by atoms with Crippen molar-refractivity contribution in [3.8, 4) is 0 Å². The molecule has 0 aromatic heterocycles. The largest absolute Gasteiger partial charge is 0.313 e. The lowest BCUT2D eigenvalue weighted by Crippen LogP contribution is -2.36. The van der Waals surface area contributed by atoms with E-state index in [4.69, 9.17) is 0 Å².